The molecule has 3 rings (SSSR count). The molecule has 1 N–H and O–H groups in total. The first-order valence-electron chi connectivity index (χ1n) is 7.43. The standard InChI is InChI=1S/C18H12F3NO2S2/c19-18(20,21)12-8-6-11(7-9-12)16-22-14(15(26-16)17(23)24)10-25-13-4-2-1-3-5-13/h1-9H,10H2,(H,23,24). The molecule has 0 saturated heterocycles. The van der Waals surface area contributed by atoms with Gasteiger partial charge in [0.15, 0.2) is 0 Å². The third kappa shape index (κ3) is 4.25. The predicted octanol–water partition coefficient (Wildman–Crippen LogP) is 5.82. The van der Waals surface area contributed by atoms with E-state index in [9.17, 15) is 23.1 Å². The second-order valence-electron chi connectivity index (χ2n) is 5.28. The largest absolute Gasteiger partial charge is 0.477 e. The van der Waals surface area contributed by atoms with Crippen molar-refractivity contribution in [2.75, 3.05) is 0 Å². The molecule has 0 aliphatic carbocycles. The first kappa shape index (κ1) is 18.5. The smallest absolute Gasteiger partial charge is 0.416 e. The highest BCUT2D eigenvalue weighted by Crippen LogP contribution is 2.34. The normalized spacial score (nSPS) is 11.5. The molecule has 0 spiro atoms. The minimum atomic E-state index is -4.41. The Morgan fingerprint density at radius 1 is 1.08 bits per heavy atom. The number of rotatable bonds is 5. The molecule has 134 valence electrons. The number of halogens is 3. The van der Waals surface area contributed by atoms with Crippen LogP contribution in [0.3, 0.4) is 0 Å². The summed E-state index contributed by atoms with van der Waals surface area (Å²) in [7, 11) is 0. The monoisotopic (exact) mass is 395 g/mol. The first-order valence-corrected chi connectivity index (χ1v) is 9.23. The molecule has 26 heavy (non-hydrogen) atoms. The first-order chi connectivity index (χ1) is 12.3. The van der Waals surface area contributed by atoms with Crippen LogP contribution < -0.4 is 0 Å². The van der Waals surface area contributed by atoms with Crippen LogP contribution in [0.4, 0.5) is 13.2 Å². The number of aromatic nitrogens is 1. The van der Waals surface area contributed by atoms with Gasteiger partial charge in [0.1, 0.15) is 9.88 Å². The maximum absolute atomic E-state index is 12.7. The Kier molecular flexibility index (Phi) is 5.33. The molecule has 1 aromatic heterocycles. The maximum atomic E-state index is 12.7. The fourth-order valence-corrected chi connectivity index (χ4v) is 4.09. The van der Waals surface area contributed by atoms with Gasteiger partial charge in [0, 0.05) is 16.2 Å². The molecule has 2 aromatic carbocycles. The van der Waals surface area contributed by atoms with Gasteiger partial charge in [-0.1, -0.05) is 30.3 Å². The summed E-state index contributed by atoms with van der Waals surface area (Å²) in [6.07, 6.45) is -4.41. The number of carbonyl (C=O) groups is 1. The Labute approximate surface area is 155 Å². The second kappa shape index (κ2) is 7.51. The quantitative estimate of drug-likeness (QED) is 0.553. The van der Waals surface area contributed by atoms with Crippen LogP contribution >= 0.6 is 23.1 Å². The summed E-state index contributed by atoms with van der Waals surface area (Å²) in [5.41, 5.74) is 0.115. The number of carboxylic acids is 1. The average molecular weight is 395 g/mol. The highest BCUT2D eigenvalue weighted by molar-refractivity contribution is 7.98. The number of alkyl halides is 3. The van der Waals surface area contributed by atoms with Crippen LogP contribution in [-0.2, 0) is 11.9 Å². The molecule has 0 bridgehead atoms. The Hall–Kier alpha value is -2.32. The second-order valence-corrected chi connectivity index (χ2v) is 7.32. The fraction of sp³-hybridized carbons (Fsp3) is 0.111. The summed E-state index contributed by atoms with van der Waals surface area (Å²) in [5.74, 6) is -0.729. The predicted molar refractivity (Wildman–Crippen MR) is 95.5 cm³/mol. The molecule has 0 aliphatic rings. The van der Waals surface area contributed by atoms with Crippen molar-refractivity contribution in [3.8, 4) is 10.6 Å². The highest BCUT2D eigenvalue weighted by Gasteiger charge is 2.30. The van der Waals surface area contributed by atoms with Crippen LogP contribution in [0, 0.1) is 0 Å². The Morgan fingerprint density at radius 2 is 1.73 bits per heavy atom. The number of nitrogens with zero attached hydrogens (tertiary/aromatic N) is 1. The van der Waals surface area contributed by atoms with Crippen molar-refractivity contribution in [1.29, 1.82) is 0 Å². The van der Waals surface area contributed by atoms with Gasteiger partial charge in [-0.15, -0.1) is 23.1 Å². The molecule has 0 atom stereocenters. The van der Waals surface area contributed by atoms with E-state index in [1.807, 2.05) is 30.3 Å². The van der Waals surface area contributed by atoms with Crippen LogP contribution in [0.5, 0.6) is 0 Å². The van der Waals surface area contributed by atoms with Crippen molar-refractivity contribution in [3.05, 3.63) is 70.7 Å². The Balaban J connectivity index is 1.86. The van der Waals surface area contributed by atoms with Crippen molar-refractivity contribution in [2.45, 2.75) is 16.8 Å². The molecule has 3 aromatic rings. The van der Waals surface area contributed by atoms with Gasteiger partial charge in [0.25, 0.3) is 0 Å². The molecule has 0 saturated carbocycles. The lowest BCUT2D eigenvalue weighted by Crippen LogP contribution is -2.03. The van der Waals surface area contributed by atoms with Crippen molar-refractivity contribution >= 4 is 29.1 Å². The van der Waals surface area contributed by atoms with Gasteiger partial charge in [-0.05, 0) is 24.3 Å². The molecule has 3 nitrogen and oxygen atoms in total. The summed E-state index contributed by atoms with van der Waals surface area (Å²) >= 11 is 2.42. The zero-order valence-electron chi connectivity index (χ0n) is 13.2. The van der Waals surface area contributed by atoms with Crippen molar-refractivity contribution in [3.63, 3.8) is 0 Å². The number of carboxylic acid groups (broad SMARTS) is 1. The summed E-state index contributed by atoms with van der Waals surface area (Å²) < 4.78 is 38.0. The molecule has 0 aliphatic heterocycles. The number of aromatic carboxylic acids is 1. The van der Waals surface area contributed by atoms with Gasteiger partial charge < -0.3 is 5.11 Å². The average Bonchev–Trinajstić information content (AvgIpc) is 3.05. The van der Waals surface area contributed by atoms with Gasteiger partial charge in [0.2, 0.25) is 0 Å². The van der Waals surface area contributed by atoms with Gasteiger partial charge in [-0.25, -0.2) is 9.78 Å². The van der Waals surface area contributed by atoms with Crippen LogP contribution in [0.15, 0.2) is 59.5 Å². The van der Waals surface area contributed by atoms with E-state index in [-0.39, 0.29) is 4.88 Å². The van der Waals surface area contributed by atoms with Crippen LogP contribution in [0.1, 0.15) is 20.9 Å². The number of benzene rings is 2. The van der Waals surface area contributed by atoms with Crippen LogP contribution in [0.25, 0.3) is 10.6 Å². The van der Waals surface area contributed by atoms with E-state index in [2.05, 4.69) is 4.98 Å². The topological polar surface area (TPSA) is 50.2 Å². The number of hydrogen-bond donors (Lipinski definition) is 1. The summed E-state index contributed by atoms with van der Waals surface area (Å²) in [6.45, 7) is 0. The molecule has 0 amide bonds. The van der Waals surface area contributed by atoms with Gasteiger partial charge in [-0.3, -0.25) is 0 Å². The van der Waals surface area contributed by atoms with E-state index >= 15 is 0 Å². The van der Waals surface area contributed by atoms with E-state index in [1.54, 1.807) is 0 Å². The van der Waals surface area contributed by atoms with E-state index in [0.29, 0.717) is 22.0 Å². The van der Waals surface area contributed by atoms with Gasteiger partial charge >= 0.3 is 12.1 Å². The fourth-order valence-electron chi connectivity index (χ4n) is 2.21. The Bertz CT molecular complexity index is 906. The zero-order valence-corrected chi connectivity index (χ0v) is 14.8. The van der Waals surface area contributed by atoms with Crippen molar-refractivity contribution < 1.29 is 23.1 Å². The molecule has 0 fully saturated rings. The van der Waals surface area contributed by atoms with E-state index in [1.165, 1.54) is 23.9 Å². The third-order valence-electron chi connectivity index (χ3n) is 3.47. The van der Waals surface area contributed by atoms with E-state index < -0.39 is 17.7 Å². The van der Waals surface area contributed by atoms with E-state index in [4.69, 9.17) is 0 Å². The highest BCUT2D eigenvalue weighted by atomic mass is 32.2. The molecule has 0 unspecified atom stereocenters. The van der Waals surface area contributed by atoms with Gasteiger partial charge in [0.05, 0.1) is 11.3 Å². The maximum Gasteiger partial charge on any atom is 0.416 e. The lowest BCUT2D eigenvalue weighted by atomic mass is 10.1. The number of thiazole rings is 1. The lowest BCUT2D eigenvalue weighted by Gasteiger charge is -2.06. The Morgan fingerprint density at radius 3 is 2.31 bits per heavy atom. The number of hydrogen-bond acceptors (Lipinski definition) is 4. The SMILES string of the molecule is O=C(O)c1sc(-c2ccc(C(F)(F)F)cc2)nc1CSc1ccccc1. The minimum absolute atomic E-state index is 0.100. The van der Waals surface area contributed by atoms with Crippen LogP contribution in [0.2, 0.25) is 0 Å². The molecular weight excluding hydrogens is 383 g/mol. The molecule has 8 heteroatoms. The lowest BCUT2D eigenvalue weighted by molar-refractivity contribution is -0.137. The van der Waals surface area contributed by atoms with Gasteiger partial charge in [-0.2, -0.15) is 13.2 Å². The van der Waals surface area contributed by atoms with Crippen LogP contribution in [-0.4, -0.2) is 16.1 Å². The summed E-state index contributed by atoms with van der Waals surface area (Å²) in [4.78, 5) is 16.9. The zero-order chi connectivity index (χ0) is 18.7. The van der Waals surface area contributed by atoms with Crippen molar-refractivity contribution in [1.82, 2.24) is 4.98 Å². The summed E-state index contributed by atoms with van der Waals surface area (Å²) in [5, 5.41) is 9.77. The minimum Gasteiger partial charge on any atom is -0.477 e. The summed E-state index contributed by atoms with van der Waals surface area (Å²) in [6, 6.07) is 14.0. The molecule has 1 heterocycles. The number of thioether (sulfide) groups is 1. The molecular formula is C18H12F3NO2S2. The van der Waals surface area contributed by atoms with Crippen molar-refractivity contribution in [2.24, 2.45) is 0 Å². The third-order valence-corrected chi connectivity index (χ3v) is 5.63. The van der Waals surface area contributed by atoms with E-state index in [0.717, 1.165) is 28.4 Å². The molecule has 0 radical (unpaired) electrons.